The Labute approximate surface area is 170 Å². The third kappa shape index (κ3) is 6.86. The van der Waals surface area contributed by atoms with E-state index in [9.17, 15) is 21.6 Å². The van der Waals surface area contributed by atoms with E-state index in [-0.39, 0.29) is 31.1 Å². The van der Waals surface area contributed by atoms with Gasteiger partial charge in [-0.3, -0.25) is 9.89 Å². The molecule has 1 aromatic carbocycles. The van der Waals surface area contributed by atoms with Crippen molar-refractivity contribution in [2.45, 2.75) is 31.0 Å². The molecule has 0 aromatic heterocycles. The molecule has 2 rings (SSSR count). The lowest BCUT2D eigenvalue weighted by molar-refractivity contribution is -0.181. The van der Waals surface area contributed by atoms with Crippen molar-refractivity contribution in [3.63, 3.8) is 0 Å². The number of nitrogens with zero attached hydrogens (tertiary/aromatic N) is 3. The SMILES string of the molecule is CCNC(=NCCNS(=O)(=O)c1ccccc1)N1CCN(C(C)C(F)(F)F)CC1. The average Bonchev–Trinajstić information content (AvgIpc) is 2.70. The second-order valence-corrected chi connectivity index (χ2v) is 8.45. The molecule has 0 bridgehead atoms. The quantitative estimate of drug-likeness (QED) is 0.386. The van der Waals surface area contributed by atoms with Crippen molar-refractivity contribution in [1.29, 1.82) is 0 Å². The van der Waals surface area contributed by atoms with E-state index in [2.05, 4.69) is 15.0 Å². The summed E-state index contributed by atoms with van der Waals surface area (Å²) in [5.74, 6) is 0.575. The molecule has 1 aromatic rings. The molecular weight excluding hydrogens is 407 g/mol. The maximum absolute atomic E-state index is 12.9. The Bertz CT molecular complexity index is 763. The molecular formula is C18H28F3N5O2S. The topological polar surface area (TPSA) is 77.0 Å². The predicted molar refractivity (Wildman–Crippen MR) is 106 cm³/mol. The van der Waals surface area contributed by atoms with E-state index in [0.29, 0.717) is 25.6 Å². The highest BCUT2D eigenvalue weighted by molar-refractivity contribution is 7.89. The van der Waals surface area contributed by atoms with Crippen molar-refractivity contribution in [1.82, 2.24) is 19.8 Å². The van der Waals surface area contributed by atoms with Crippen LogP contribution in [-0.2, 0) is 10.0 Å². The van der Waals surface area contributed by atoms with Crippen LogP contribution >= 0.6 is 0 Å². The van der Waals surface area contributed by atoms with E-state index in [1.165, 1.54) is 24.0 Å². The highest BCUT2D eigenvalue weighted by Crippen LogP contribution is 2.25. The van der Waals surface area contributed by atoms with Crippen LogP contribution in [0.15, 0.2) is 40.2 Å². The fraction of sp³-hybridized carbons (Fsp3) is 0.611. The van der Waals surface area contributed by atoms with Gasteiger partial charge < -0.3 is 10.2 Å². The largest absolute Gasteiger partial charge is 0.403 e. The number of hydrogen-bond acceptors (Lipinski definition) is 4. The summed E-state index contributed by atoms with van der Waals surface area (Å²) >= 11 is 0. The molecule has 1 atom stereocenters. The van der Waals surface area contributed by atoms with Gasteiger partial charge in [0.15, 0.2) is 5.96 Å². The van der Waals surface area contributed by atoms with Crippen LogP contribution in [0.3, 0.4) is 0 Å². The molecule has 11 heteroatoms. The van der Waals surface area contributed by atoms with E-state index >= 15 is 0 Å². The Kier molecular flexibility index (Phi) is 8.29. The molecule has 0 aliphatic carbocycles. The summed E-state index contributed by atoms with van der Waals surface area (Å²) in [4.78, 5) is 7.91. The van der Waals surface area contributed by atoms with E-state index in [1.807, 2.05) is 11.8 Å². The average molecular weight is 436 g/mol. The van der Waals surface area contributed by atoms with Crippen molar-refractivity contribution >= 4 is 16.0 Å². The third-order valence-electron chi connectivity index (χ3n) is 4.69. The second kappa shape index (κ2) is 10.3. The summed E-state index contributed by atoms with van der Waals surface area (Å²) in [6.45, 7) is 5.42. The molecule has 0 radical (unpaired) electrons. The first-order chi connectivity index (χ1) is 13.6. The van der Waals surface area contributed by atoms with E-state index in [0.717, 1.165) is 0 Å². The number of hydrogen-bond donors (Lipinski definition) is 2. The van der Waals surface area contributed by atoms with Gasteiger partial charge in [-0.25, -0.2) is 13.1 Å². The van der Waals surface area contributed by atoms with Gasteiger partial charge in [0, 0.05) is 39.3 Å². The Balaban J connectivity index is 1.89. The number of alkyl halides is 3. The lowest BCUT2D eigenvalue weighted by Crippen LogP contribution is -2.56. The highest BCUT2D eigenvalue weighted by atomic mass is 32.2. The van der Waals surface area contributed by atoms with Crippen molar-refractivity contribution in [2.24, 2.45) is 4.99 Å². The molecule has 1 aliphatic heterocycles. The number of sulfonamides is 1. The summed E-state index contributed by atoms with van der Waals surface area (Å²) in [5, 5.41) is 3.11. The molecule has 164 valence electrons. The minimum atomic E-state index is -4.24. The van der Waals surface area contributed by atoms with Crippen LogP contribution in [0.2, 0.25) is 0 Å². The lowest BCUT2D eigenvalue weighted by Gasteiger charge is -2.39. The van der Waals surface area contributed by atoms with Gasteiger partial charge in [-0.05, 0) is 26.0 Å². The van der Waals surface area contributed by atoms with E-state index in [4.69, 9.17) is 0 Å². The highest BCUT2D eigenvalue weighted by Gasteiger charge is 2.41. The van der Waals surface area contributed by atoms with Crippen molar-refractivity contribution in [2.75, 3.05) is 45.8 Å². The maximum atomic E-state index is 12.9. The summed E-state index contributed by atoms with van der Waals surface area (Å²) in [6, 6.07) is 6.58. The van der Waals surface area contributed by atoms with Gasteiger partial charge in [-0.1, -0.05) is 18.2 Å². The second-order valence-electron chi connectivity index (χ2n) is 6.69. The molecule has 1 saturated heterocycles. The summed E-state index contributed by atoms with van der Waals surface area (Å²) in [5.41, 5.74) is 0. The Morgan fingerprint density at radius 2 is 1.79 bits per heavy atom. The Hall–Kier alpha value is -1.85. The van der Waals surface area contributed by atoms with E-state index < -0.39 is 22.2 Å². The van der Waals surface area contributed by atoms with Crippen LogP contribution in [0.5, 0.6) is 0 Å². The number of halogens is 3. The number of aliphatic imine (C=N–C) groups is 1. The normalized spacial score (nSPS) is 18.0. The fourth-order valence-corrected chi connectivity index (χ4v) is 4.02. The summed E-state index contributed by atoms with van der Waals surface area (Å²) in [7, 11) is -3.59. The van der Waals surface area contributed by atoms with Gasteiger partial charge >= 0.3 is 6.18 Å². The maximum Gasteiger partial charge on any atom is 0.403 e. The lowest BCUT2D eigenvalue weighted by atomic mass is 10.2. The monoisotopic (exact) mass is 435 g/mol. The molecule has 0 saturated carbocycles. The fourth-order valence-electron chi connectivity index (χ4n) is 2.98. The van der Waals surface area contributed by atoms with Crippen LogP contribution in [0.4, 0.5) is 13.2 Å². The van der Waals surface area contributed by atoms with Crippen molar-refractivity contribution in [3.8, 4) is 0 Å². The number of rotatable bonds is 7. The molecule has 2 N–H and O–H groups in total. The first-order valence-electron chi connectivity index (χ1n) is 9.54. The first-order valence-corrected chi connectivity index (χ1v) is 11.0. The smallest absolute Gasteiger partial charge is 0.357 e. The van der Waals surface area contributed by atoms with Crippen LogP contribution in [-0.4, -0.2) is 82.2 Å². The molecule has 0 spiro atoms. The Morgan fingerprint density at radius 3 is 2.34 bits per heavy atom. The number of benzene rings is 1. The standard InChI is InChI=1S/C18H28F3N5O2S/c1-3-22-17(26-13-11-25(12-14-26)15(2)18(19,20)21)23-9-10-24-29(27,28)16-7-5-4-6-8-16/h4-8,15,24H,3,9-14H2,1-2H3,(H,22,23). The van der Waals surface area contributed by atoms with Gasteiger partial charge in [0.05, 0.1) is 11.4 Å². The number of nitrogens with one attached hydrogen (secondary N) is 2. The molecule has 1 aliphatic rings. The molecule has 1 heterocycles. The van der Waals surface area contributed by atoms with Crippen LogP contribution < -0.4 is 10.0 Å². The third-order valence-corrected chi connectivity index (χ3v) is 6.17. The van der Waals surface area contributed by atoms with Crippen molar-refractivity contribution < 1.29 is 21.6 Å². The summed E-state index contributed by atoms with van der Waals surface area (Å²) < 4.78 is 65.6. The van der Waals surface area contributed by atoms with Gasteiger partial charge in [0.25, 0.3) is 0 Å². The molecule has 1 unspecified atom stereocenters. The molecule has 29 heavy (non-hydrogen) atoms. The molecule has 0 amide bonds. The van der Waals surface area contributed by atoms with Gasteiger partial charge in [-0.15, -0.1) is 0 Å². The minimum absolute atomic E-state index is 0.122. The van der Waals surface area contributed by atoms with Gasteiger partial charge in [0.2, 0.25) is 10.0 Å². The zero-order chi connectivity index (χ0) is 21.5. The molecule has 1 fully saturated rings. The van der Waals surface area contributed by atoms with E-state index in [1.54, 1.807) is 18.2 Å². The van der Waals surface area contributed by atoms with Crippen LogP contribution in [0, 0.1) is 0 Å². The Morgan fingerprint density at radius 1 is 1.17 bits per heavy atom. The number of piperazine rings is 1. The van der Waals surface area contributed by atoms with Crippen molar-refractivity contribution in [3.05, 3.63) is 30.3 Å². The van der Waals surface area contributed by atoms with Crippen LogP contribution in [0.1, 0.15) is 13.8 Å². The first kappa shape index (κ1) is 23.4. The van der Waals surface area contributed by atoms with Gasteiger partial charge in [0.1, 0.15) is 6.04 Å². The zero-order valence-electron chi connectivity index (χ0n) is 16.6. The van der Waals surface area contributed by atoms with Gasteiger partial charge in [-0.2, -0.15) is 13.2 Å². The van der Waals surface area contributed by atoms with Crippen LogP contribution in [0.25, 0.3) is 0 Å². The zero-order valence-corrected chi connectivity index (χ0v) is 17.4. The minimum Gasteiger partial charge on any atom is -0.357 e. The molecule has 7 nitrogen and oxygen atoms in total. The summed E-state index contributed by atoms with van der Waals surface area (Å²) in [6.07, 6.45) is -4.24. The number of guanidine groups is 1. The predicted octanol–water partition coefficient (Wildman–Crippen LogP) is 1.50.